The number of carbonyl (C=O) groups is 2. The van der Waals surface area contributed by atoms with Crippen LogP contribution in [0.2, 0.25) is 0 Å². The molecule has 0 saturated carbocycles. The third kappa shape index (κ3) is 4.87. The standard InChI is InChI=1S/C24H25BrN2O5/c1-26(2)11-12-27-21(16-13-17(25)22(29)19(14-16)32-3)20(23(30)24(27)31)18(28)10-9-15-7-5-4-6-8-15/h4-10,13-14,21,29-30H,11-12H2,1-3H3. The maximum atomic E-state index is 13.2. The van der Waals surface area contributed by atoms with E-state index in [1.54, 1.807) is 18.2 Å². The number of hydrogen-bond acceptors (Lipinski definition) is 6. The summed E-state index contributed by atoms with van der Waals surface area (Å²) in [6, 6.07) is 11.6. The highest BCUT2D eigenvalue weighted by Gasteiger charge is 2.43. The Morgan fingerprint density at radius 2 is 1.91 bits per heavy atom. The Bertz CT molecular complexity index is 1080. The summed E-state index contributed by atoms with van der Waals surface area (Å²) in [4.78, 5) is 29.5. The number of allylic oxidation sites excluding steroid dienone is 1. The molecule has 2 N–H and O–H groups in total. The summed E-state index contributed by atoms with van der Waals surface area (Å²) >= 11 is 3.30. The van der Waals surface area contributed by atoms with Gasteiger partial charge in [-0.25, -0.2) is 0 Å². The largest absolute Gasteiger partial charge is 0.503 e. The van der Waals surface area contributed by atoms with Crippen molar-refractivity contribution in [3.63, 3.8) is 0 Å². The lowest BCUT2D eigenvalue weighted by molar-refractivity contribution is -0.129. The number of phenolic OH excluding ortho intramolecular Hbond substituents is 1. The predicted octanol–water partition coefficient (Wildman–Crippen LogP) is 3.70. The minimum absolute atomic E-state index is 0.0134. The van der Waals surface area contributed by atoms with Crippen LogP contribution in [0.1, 0.15) is 17.2 Å². The number of methoxy groups -OCH3 is 1. The van der Waals surface area contributed by atoms with Crippen LogP contribution in [0, 0.1) is 0 Å². The highest BCUT2D eigenvalue weighted by Crippen LogP contribution is 2.43. The predicted molar refractivity (Wildman–Crippen MR) is 126 cm³/mol. The van der Waals surface area contributed by atoms with E-state index in [0.717, 1.165) is 5.56 Å². The van der Waals surface area contributed by atoms with Gasteiger partial charge >= 0.3 is 0 Å². The maximum Gasteiger partial charge on any atom is 0.290 e. The van der Waals surface area contributed by atoms with E-state index in [-0.39, 0.29) is 17.1 Å². The first-order valence-electron chi connectivity index (χ1n) is 9.97. The summed E-state index contributed by atoms with van der Waals surface area (Å²) in [6.45, 7) is 0.827. The first kappa shape index (κ1) is 23.6. The molecule has 0 radical (unpaired) electrons. The van der Waals surface area contributed by atoms with Crippen LogP contribution in [0.15, 0.2) is 64.3 Å². The first-order chi connectivity index (χ1) is 15.2. The molecule has 0 saturated heterocycles. The zero-order valence-electron chi connectivity index (χ0n) is 18.1. The van der Waals surface area contributed by atoms with Gasteiger partial charge in [0.25, 0.3) is 5.91 Å². The molecule has 32 heavy (non-hydrogen) atoms. The van der Waals surface area contributed by atoms with Gasteiger partial charge in [0.2, 0.25) is 0 Å². The lowest BCUT2D eigenvalue weighted by atomic mass is 9.95. The van der Waals surface area contributed by atoms with Crippen molar-refractivity contribution in [1.29, 1.82) is 0 Å². The van der Waals surface area contributed by atoms with E-state index in [0.29, 0.717) is 23.1 Å². The van der Waals surface area contributed by atoms with Crippen molar-refractivity contribution < 1.29 is 24.5 Å². The molecule has 0 fully saturated rings. The number of phenols is 1. The molecule has 0 aliphatic carbocycles. The minimum Gasteiger partial charge on any atom is -0.503 e. The molecule has 1 aliphatic heterocycles. The summed E-state index contributed by atoms with van der Waals surface area (Å²) in [5, 5.41) is 20.9. The molecule has 0 spiro atoms. The lowest BCUT2D eigenvalue weighted by Crippen LogP contribution is -2.36. The minimum atomic E-state index is -0.832. The number of carbonyl (C=O) groups excluding carboxylic acids is 2. The van der Waals surface area contributed by atoms with E-state index in [2.05, 4.69) is 15.9 Å². The van der Waals surface area contributed by atoms with Crippen molar-refractivity contribution in [3.05, 3.63) is 75.5 Å². The van der Waals surface area contributed by atoms with Gasteiger partial charge in [0, 0.05) is 13.1 Å². The number of nitrogens with zero attached hydrogens (tertiary/aromatic N) is 2. The number of ether oxygens (including phenoxy) is 1. The van der Waals surface area contributed by atoms with Crippen LogP contribution < -0.4 is 4.74 Å². The average molecular weight is 501 g/mol. The molecular formula is C24H25BrN2O5. The Balaban J connectivity index is 2.06. The number of ketones is 1. The molecule has 1 aliphatic rings. The van der Waals surface area contributed by atoms with Gasteiger partial charge < -0.3 is 24.7 Å². The summed E-state index contributed by atoms with van der Waals surface area (Å²) < 4.78 is 5.60. The second-order valence-electron chi connectivity index (χ2n) is 7.63. The summed E-state index contributed by atoms with van der Waals surface area (Å²) in [5.74, 6) is -1.56. The van der Waals surface area contributed by atoms with Gasteiger partial charge in [-0.15, -0.1) is 0 Å². The Morgan fingerprint density at radius 3 is 2.53 bits per heavy atom. The quantitative estimate of drug-likeness (QED) is 0.537. The molecule has 8 heteroatoms. The molecule has 0 aromatic heterocycles. The highest BCUT2D eigenvalue weighted by molar-refractivity contribution is 9.10. The number of benzene rings is 2. The molecule has 0 bridgehead atoms. The second kappa shape index (κ2) is 10.0. The Labute approximate surface area is 195 Å². The van der Waals surface area contributed by atoms with E-state index in [1.165, 1.54) is 18.1 Å². The smallest absolute Gasteiger partial charge is 0.290 e. The van der Waals surface area contributed by atoms with Gasteiger partial charge in [-0.1, -0.05) is 36.4 Å². The van der Waals surface area contributed by atoms with Gasteiger partial charge in [-0.2, -0.15) is 0 Å². The number of hydrogen-bond donors (Lipinski definition) is 2. The zero-order valence-corrected chi connectivity index (χ0v) is 19.7. The summed E-state index contributed by atoms with van der Waals surface area (Å²) in [7, 11) is 5.16. The third-order valence-electron chi connectivity index (χ3n) is 5.17. The van der Waals surface area contributed by atoms with E-state index in [9.17, 15) is 19.8 Å². The number of aliphatic hydroxyl groups excluding tert-OH is 1. The van der Waals surface area contributed by atoms with Crippen LogP contribution in [-0.2, 0) is 9.59 Å². The van der Waals surface area contributed by atoms with Crippen LogP contribution in [0.5, 0.6) is 11.5 Å². The fourth-order valence-electron chi connectivity index (χ4n) is 3.52. The molecular weight excluding hydrogens is 476 g/mol. The van der Waals surface area contributed by atoms with Crippen molar-refractivity contribution >= 4 is 33.7 Å². The molecule has 1 atom stereocenters. The molecule has 3 rings (SSSR count). The molecule has 1 unspecified atom stereocenters. The molecule has 168 valence electrons. The zero-order chi connectivity index (χ0) is 23.4. The number of aromatic hydroxyl groups is 1. The van der Waals surface area contributed by atoms with Gasteiger partial charge in [0.1, 0.15) is 0 Å². The molecule has 2 aromatic rings. The lowest BCUT2D eigenvalue weighted by Gasteiger charge is -2.28. The number of halogens is 1. The normalized spacial score (nSPS) is 16.5. The highest BCUT2D eigenvalue weighted by atomic mass is 79.9. The van der Waals surface area contributed by atoms with Crippen molar-refractivity contribution in [2.24, 2.45) is 0 Å². The Morgan fingerprint density at radius 1 is 1.22 bits per heavy atom. The Hall–Kier alpha value is -3.10. The van der Waals surface area contributed by atoms with E-state index < -0.39 is 23.5 Å². The SMILES string of the molecule is COc1cc(C2C(C(=O)C=Cc3ccccc3)=C(O)C(=O)N2CCN(C)C)cc(Br)c1O. The van der Waals surface area contributed by atoms with Gasteiger partial charge in [0.05, 0.1) is 23.2 Å². The van der Waals surface area contributed by atoms with Crippen molar-refractivity contribution in [2.45, 2.75) is 6.04 Å². The summed E-state index contributed by atoms with van der Waals surface area (Å²) in [6.07, 6.45) is 2.99. The van der Waals surface area contributed by atoms with Gasteiger partial charge in [-0.05, 0) is 59.4 Å². The van der Waals surface area contributed by atoms with Crippen molar-refractivity contribution in [1.82, 2.24) is 9.80 Å². The summed E-state index contributed by atoms with van der Waals surface area (Å²) in [5.41, 5.74) is 1.33. The maximum absolute atomic E-state index is 13.2. The van der Waals surface area contributed by atoms with E-state index >= 15 is 0 Å². The molecule has 1 amide bonds. The molecule has 2 aromatic carbocycles. The van der Waals surface area contributed by atoms with E-state index in [4.69, 9.17) is 4.74 Å². The number of likely N-dealkylation sites (N-methyl/N-ethyl adjacent to an activating group) is 1. The van der Waals surface area contributed by atoms with Crippen molar-refractivity contribution in [2.75, 3.05) is 34.3 Å². The Kier molecular flexibility index (Phi) is 7.37. The molecule has 1 heterocycles. The van der Waals surface area contributed by atoms with Crippen LogP contribution in [0.25, 0.3) is 6.08 Å². The fourth-order valence-corrected chi connectivity index (χ4v) is 3.98. The monoisotopic (exact) mass is 500 g/mol. The fraction of sp³-hybridized carbons (Fsp3) is 0.250. The van der Waals surface area contributed by atoms with Crippen LogP contribution in [-0.4, -0.2) is 66.0 Å². The topological polar surface area (TPSA) is 90.3 Å². The average Bonchev–Trinajstić information content (AvgIpc) is 3.03. The van der Waals surface area contributed by atoms with Crippen LogP contribution >= 0.6 is 15.9 Å². The van der Waals surface area contributed by atoms with Gasteiger partial charge in [-0.3, -0.25) is 9.59 Å². The number of amides is 1. The van der Waals surface area contributed by atoms with Crippen LogP contribution in [0.3, 0.4) is 0 Å². The van der Waals surface area contributed by atoms with Crippen LogP contribution in [0.4, 0.5) is 0 Å². The van der Waals surface area contributed by atoms with Gasteiger partial charge in [0.15, 0.2) is 23.0 Å². The van der Waals surface area contributed by atoms with E-state index in [1.807, 2.05) is 49.3 Å². The number of aliphatic hydroxyl groups is 1. The van der Waals surface area contributed by atoms with Crippen molar-refractivity contribution in [3.8, 4) is 11.5 Å². The first-order valence-corrected chi connectivity index (χ1v) is 10.8. The number of rotatable bonds is 8. The molecule has 7 nitrogen and oxygen atoms in total. The second-order valence-corrected chi connectivity index (χ2v) is 8.48. The third-order valence-corrected chi connectivity index (χ3v) is 5.77.